The number of hydrogen-bond acceptors (Lipinski definition) is 6. The molecule has 0 aliphatic carbocycles. The summed E-state index contributed by atoms with van der Waals surface area (Å²) in [5, 5.41) is 2.56. The van der Waals surface area contributed by atoms with Gasteiger partial charge >= 0.3 is 0 Å². The van der Waals surface area contributed by atoms with Crippen molar-refractivity contribution in [3.8, 4) is 17.1 Å². The molecule has 27 heavy (non-hydrogen) atoms. The van der Waals surface area contributed by atoms with Crippen molar-refractivity contribution in [1.82, 2.24) is 24.8 Å². The average molecular weight is 369 g/mol. The van der Waals surface area contributed by atoms with Crippen LogP contribution >= 0.6 is 0 Å². The highest BCUT2D eigenvalue weighted by atomic mass is 19.1. The minimum absolute atomic E-state index is 0.0824. The van der Waals surface area contributed by atoms with Crippen LogP contribution in [0.4, 0.5) is 4.39 Å². The molecule has 0 fully saturated rings. The smallest absolute Gasteiger partial charge is 0.258 e. The summed E-state index contributed by atoms with van der Waals surface area (Å²) in [5.41, 5.74) is 0.308. The lowest BCUT2D eigenvalue weighted by Gasteiger charge is -2.12. The summed E-state index contributed by atoms with van der Waals surface area (Å²) in [6, 6.07) is 7.06. The monoisotopic (exact) mass is 369 g/mol. The van der Waals surface area contributed by atoms with E-state index >= 15 is 0 Å². The summed E-state index contributed by atoms with van der Waals surface area (Å²) < 4.78 is 20.3. The van der Waals surface area contributed by atoms with Crippen LogP contribution in [-0.4, -0.2) is 32.5 Å². The van der Waals surface area contributed by atoms with Gasteiger partial charge in [0, 0.05) is 19.3 Å². The highest BCUT2D eigenvalue weighted by Crippen LogP contribution is 2.21. The van der Waals surface area contributed by atoms with E-state index in [4.69, 9.17) is 4.74 Å². The van der Waals surface area contributed by atoms with E-state index in [1.807, 2.05) is 0 Å². The fraction of sp³-hybridized carbons (Fsp3) is 0.167. The van der Waals surface area contributed by atoms with E-state index < -0.39 is 11.7 Å². The summed E-state index contributed by atoms with van der Waals surface area (Å²) in [6.07, 6.45) is 2.88. The van der Waals surface area contributed by atoms with E-state index in [0.29, 0.717) is 17.2 Å². The van der Waals surface area contributed by atoms with Crippen LogP contribution in [0.15, 0.2) is 47.7 Å². The molecule has 1 N–H and O–H groups in total. The molecule has 0 bridgehead atoms. The number of halogens is 1. The van der Waals surface area contributed by atoms with Crippen LogP contribution in [0.5, 0.6) is 5.75 Å². The quantitative estimate of drug-likeness (QED) is 0.728. The van der Waals surface area contributed by atoms with Crippen LogP contribution in [0.2, 0.25) is 0 Å². The van der Waals surface area contributed by atoms with Crippen molar-refractivity contribution in [1.29, 1.82) is 0 Å². The third kappa shape index (κ3) is 3.81. The number of hydrogen-bond donors (Lipinski definition) is 1. The number of nitrogens with zero attached hydrogens (tertiary/aromatic N) is 4. The van der Waals surface area contributed by atoms with Gasteiger partial charge in [0.1, 0.15) is 29.3 Å². The maximum atomic E-state index is 14.0. The van der Waals surface area contributed by atoms with E-state index in [2.05, 4.69) is 20.3 Å². The number of carbonyl (C=O) groups excluding carboxylic acids is 1. The second-order valence-corrected chi connectivity index (χ2v) is 5.55. The Kier molecular flexibility index (Phi) is 5.20. The first-order valence-corrected chi connectivity index (χ1v) is 7.95. The Hall–Kier alpha value is -3.62. The highest BCUT2D eigenvalue weighted by Gasteiger charge is 2.18. The summed E-state index contributed by atoms with van der Waals surface area (Å²) in [4.78, 5) is 36.8. The van der Waals surface area contributed by atoms with Gasteiger partial charge in [0.2, 0.25) is 0 Å². The minimum atomic E-state index is -0.705. The van der Waals surface area contributed by atoms with Crippen LogP contribution in [-0.2, 0) is 13.6 Å². The number of ether oxygens (including phenoxy) is 1. The first kappa shape index (κ1) is 18.2. The molecule has 8 nitrogen and oxygen atoms in total. The molecule has 2 aromatic heterocycles. The van der Waals surface area contributed by atoms with Crippen LogP contribution in [0, 0.1) is 5.82 Å². The topological polar surface area (TPSA) is 99.0 Å². The molecular formula is C18H16FN5O3. The molecule has 0 radical (unpaired) electrons. The van der Waals surface area contributed by atoms with Crippen molar-refractivity contribution in [2.75, 3.05) is 7.11 Å². The predicted molar refractivity (Wildman–Crippen MR) is 94.6 cm³/mol. The second kappa shape index (κ2) is 7.73. The number of benzene rings is 1. The molecule has 1 aromatic carbocycles. The molecule has 0 spiro atoms. The number of carbonyl (C=O) groups is 1. The van der Waals surface area contributed by atoms with Gasteiger partial charge in [0.15, 0.2) is 0 Å². The zero-order chi connectivity index (χ0) is 19.4. The highest BCUT2D eigenvalue weighted by molar-refractivity contribution is 5.97. The van der Waals surface area contributed by atoms with Crippen molar-refractivity contribution < 1.29 is 13.9 Å². The maximum absolute atomic E-state index is 14.0. The number of aromatic nitrogens is 4. The van der Waals surface area contributed by atoms with Gasteiger partial charge < -0.3 is 10.1 Å². The lowest BCUT2D eigenvalue weighted by atomic mass is 10.1. The van der Waals surface area contributed by atoms with E-state index in [1.165, 1.54) is 55.5 Å². The van der Waals surface area contributed by atoms with Gasteiger partial charge in [0.05, 0.1) is 25.0 Å². The molecule has 9 heteroatoms. The van der Waals surface area contributed by atoms with Crippen LogP contribution in [0.3, 0.4) is 0 Å². The van der Waals surface area contributed by atoms with Crippen molar-refractivity contribution >= 4 is 5.91 Å². The Labute approximate surface area is 153 Å². The fourth-order valence-electron chi connectivity index (χ4n) is 2.46. The van der Waals surface area contributed by atoms with Crippen molar-refractivity contribution in [3.05, 3.63) is 70.4 Å². The Balaban J connectivity index is 1.87. The lowest BCUT2D eigenvalue weighted by Crippen LogP contribution is -2.30. The number of methoxy groups -OCH3 is 1. The summed E-state index contributed by atoms with van der Waals surface area (Å²) in [5.74, 6) is -0.973. The summed E-state index contributed by atoms with van der Waals surface area (Å²) in [6.45, 7) is -0.0824. The largest absolute Gasteiger partial charge is 0.496 e. The average Bonchev–Trinajstić information content (AvgIpc) is 2.69. The molecule has 2 heterocycles. The SMILES string of the molecule is COc1cccc(F)c1C(=O)NCc1nc(-c2ccncn2)cc(=O)n1C. The molecule has 1 amide bonds. The van der Waals surface area contributed by atoms with Crippen LogP contribution in [0.25, 0.3) is 11.4 Å². The van der Waals surface area contributed by atoms with E-state index in [1.54, 1.807) is 6.07 Å². The van der Waals surface area contributed by atoms with Crippen molar-refractivity contribution in [2.45, 2.75) is 6.54 Å². The van der Waals surface area contributed by atoms with Crippen LogP contribution in [0.1, 0.15) is 16.2 Å². The third-order valence-electron chi connectivity index (χ3n) is 3.90. The Morgan fingerprint density at radius 1 is 1.30 bits per heavy atom. The van der Waals surface area contributed by atoms with Gasteiger partial charge in [-0.15, -0.1) is 0 Å². The first-order valence-electron chi connectivity index (χ1n) is 7.95. The summed E-state index contributed by atoms with van der Waals surface area (Å²) in [7, 11) is 2.88. The Morgan fingerprint density at radius 2 is 2.11 bits per heavy atom. The molecule has 0 unspecified atom stereocenters. The van der Waals surface area contributed by atoms with E-state index in [9.17, 15) is 14.0 Å². The molecule has 0 aliphatic heterocycles. The zero-order valence-corrected chi connectivity index (χ0v) is 14.6. The Morgan fingerprint density at radius 3 is 2.81 bits per heavy atom. The molecule has 0 saturated carbocycles. The summed E-state index contributed by atoms with van der Waals surface area (Å²) >= 11 is 0. The molecular weight excluding hydrogens is 353 g/mol. The molecule has 0 saturated heterocycles. The van der Waals surface area contributed by atoms with Crippen LogP contribution < -0.4 is 15.6 Å². The first-order chi connectivity index (χ1) is 13.0. The van der Waals surface area contributed by atoms with Gasteiger partial charge in [-0.25, -0.2) is 19.3 Å². The number of nitrogens with one attached hydrogen (secondary N) is 1. The standard InChI is InChI=1S/C18H16FN5O3/c1-24-15(23-13(8-16(24)25)12-6-7-20-10-22-12)9-21-18(26)17-11(19)4-3-5-14(17)27-2/h3-8,10H,9H2,1-2H3,(H,21,26). The lowest BCUT2D eigenvalue weighted by molar-refractivity contribution is 0.0942. The normalized spacial score (nSPS) is 10.5. The van der Waals surface area contributed by atoms with Crippen molar-refractivity contribution in [3.63, 3.8) is 0 Å². The molecule has 3 aromatic rings. The maximum Gasteiger partial charge on any atom is 0.258 e. The van der Waals surface area contributed by atoms with Crippen molar-refractivity contribution in [2.24, 2.45) is 7.05 Å². The van der Waals surface area contributed by atoms with Gasteiger partial charge in [-0.1, -0.05) is 6.07 Å². The molecule has 138 valence electrons. The molecule has 3 rings (SSSR count). The number of amides is 1. The van der Waals surface area contributed by atoms with Gasteiger partial charge in [-0.2, -0.15) is 0 Å². The van der Waals surface area contributed by atoms with E-state index in [0.717, 1.165) is 0 Å². The Bertz CT molecular complexity index is 1040. The molecule has 0 aliphatic rings. The fourth-order valence-corrected chi connectivity index (χ4v) is 2.46. The van der Waals surface area contributed by atoms with Gasteiger partial charge in [-0.05, 0) is 18.2 Å². The molecule has 0 atom stereocenters. The minimum Gasteiger partial charge on any atom is -0.496 e. The zero-order valence-electron chi connectivity index (χ0n) is 14.6. The second-order valence-electron chi connectivity index (χ2n) is 5.55. The van der Waals surface area contributed by atoms with E-state index in [-0.39, 0.29) is 23.4 Å². The number of rotatable bonds is 5. The third-order valence-corrected chi connectivity index (χ3v) is 3.90. The van der Waals surface area contributed by atoms with Gasteiger partial charge in [-0.3, -0.25) is 14.2 Å². The predicted octanol–water partition coefficient (Wildman–Crippen LogP) is 1.31. The van der Waals surface area contributed by atoms with Gasteiger partial charge in [0.25, 0.3) is 11.5 Å².